The number of fused-ring (bicyclic) bond motifs is 3. The summed E-state index contributed by atoms with van der Waals surface area (Å²) >= 11 is 6.31. The van der Waals surface area contributed by atoms with Crippen molar-refractivity contribution >= 4 is 28.2 Å². The zero-order valence-corrected chi connectivity index (χ0v) is 12.1. The molecule has 2 atom stereocenters. The molecule has 0 bridgehead atoms. The fourth-order valence-electron chi connectivity index (χ4n) is 3.23. The highest BCUT2D eigenvalue weighted by molar-refractivity contribution is 6.35. The molecule has 100 valence electrons. The van der Waals surface area contributed by atoms with Gasteiger partial charge >= 0.3 is 0 Å². The Bertz CT molecular complexity index is 707. The van der Waals surface area contributed by atoms with Crippen LogP contribution in [-0.4, -0.2) is 17.6 Å². The Balaban J connectivity index is 2.40. The lowest BCUT2D eigenvalue weighted by Crippen LogP contribution is -2.30. The molecular weight excluding hydrogens is 260 g/mol. The van der Waals surface area contributed by atoms with E-state index in [1.165, 1.54) is 17.3 Å². The zero-order valence-electron chi connectivity index (χ0n) is 11.3. The van der Waals surface area contributed by atoms with Crippen LogP contribution in [0.5, 0.6) is 0 Å². The number of likely N-dealkylation sites (N-methyl/N-ethyl adjacent to an activating group) is 1. The average Bonchev–Trinajstić information content (AvgIpc) is 2.61. The summed E-state index contributed by atoms with van der Waals surface area (Å²) in [4.78, 5) is 16.8. The first-order chi connectivity index (χ1) is 9.04. The van der Waals surface area contributed by atoms with Gasteiger partial charge in [-0.25, -0.2) is 0 Å². The molecule has 3 nitrogen and oxygen atoms in total. The zero-order chi connectivity index (χ0) is 13.7. The molecule has 3 rings (SSSR count). The van der Waals surface area contributed by atoms with Crippen LogP contribution in [0.25, 0.3) is 10.9 Å². The highest BCUT2D eigenvalue weighted by Gasteiger charge is 2.33. The van der Waals surface area contributed by atoms with Gasteiger partial charge < -0.3 is 9.88 Å². The molecule has 1 aliphatic heterocycles. The van der Waals surface area contributed by atoms with Gasteiger partial charge in [-0.2, -0.15) is 0 Å². The summed E-state index contributed by atoms with van der Waals surface area (Å²) in [6.07, 6.45) is 0. The molecule has 0 fully saturated rings. The first-order valence-electron chi connectivity index (χ1n) is 6.66. The monoisotopic (exact) mass is 276 g/mol. The van der Waals surface area contributed by atoms with Gasteiger partial charge in [0.1, 0.15) is 0 Å². The van der Waals surface area contributed by atoms with E-state index < -0.39 is 0 Å². The van der Waals surface area contributed by atoms with Crippen molar-refractivity contribution in [3.8, 4) is 0 Å². The number of benzene rings is 1. The molecule has 1 aromatic carbocycles. The van der Waals surface area contributed by atoms with Crippen molar-refractivity contribution in [2.45, 2.75) is 32.7 Å². The third-order valence-corrected chi connectivity index (χ3v) is 4.60. The molecule has 0 amide bonds. The number of H-pyrrole nitrogens is 1. The van der Waals surface area contributed by atoms with Gasteiger partial charge in [-0.15, -0.1) is 0 Å². The molecule has 19 heavy (non-hydrogen) atoms. The number of nitrogens with one attached hydrogen (secondary N) is 1. The second kappa shape index (κ2) is 4.27. The molecule has 1 aromatic heterocycles. The van der Waals surface area contributed by atoms with Crippen LogP contribution < -0.4 is 10.5 Å². The predicted molar refractivity (Wildman–Crippen MR) is 80.5 cm³/mol. The molecule has 2 heterocycles. The van der Waals surface area contributed by atoms with Crippen LogP contribution in [0.1, 0.15) is 32.3 Å². The minimum atomic E-state index is -0.150. The van der Waals surface area contributed by atoms with E-state index in [4.69, 9.17) is 11.6 Å². The lowest BCUT2D eigenvalue weighted by Gasteiger charge is -2.24. The molecule has 1 N–H and O–H groups in total. The lowest BCUT2D eigenvalue weighted by atomic mass is 9.94. The SMILES string of the molecule is CCN1c2ccc3[nH]c(=O)cc(Cl)c3c2C(C)C1C. The van der Waals surface area contributed by atoms with Crippen molar-refractivity contribution in [1.82, 2.24) is 4.98 Å². The Morgan fingerprint density at radius 3 is 2.79 bits per heavy atom. The molecule has 4 heteroatoms. The van der Waals surface area contributed by atoms with Crippen molar-refractivity contribution in [3.63, 3.8) is 0 Å². The van der Waals surface area contributed by atoms with E-state index in [0.717, 1.165) is 17.4 Å². The maximum Gasteiger partial charge on any atom is 0.249 e. The summed E-state index contributed by atoms with van der Waals surface area (Å²) in [6.45, 7) is 7.60. The second-order valence-corrected chi connectivity index (χ2v) is 5.62. The van der Waals surface area contributed by atoms with Crippen LogP contribution in [0.2, 0.25) is 5.02 Å². The number of hydrogen-bond acceptors (Lipinski definition) is 2. The average molecular weight is 277 g/mol. The van der Waals surface area contributed by atoms with Crippen molar-refractivity contribution in [3.05, 3.63) is 39.1 Å². The highest BCUT2D eigenvalue weighted by atomic mass is 35.5. The van der Waals surface area contributed by atoms with E-state index in [1.807, 2.05) is 6.07 Å². The van der Waals surface area contributed by atoms with Crippen LogP contribution in [0.15, 0.2) is 23.0 Å². The van der Waals surface area contributed by atoms with Gasteiger partial charge in [-0.1, -0.05) is 18.5 Å². The molecule has 2 aromatic rings. The number of nitrogens with zero attached hydrogens (tertiary/aromatic N) is 1. The molecule has 0 saturated heterocycles. The van der Waals surface area contributed by atoms with E-state index in [9.17, 15) is 4.79 Å². The second-order valence-electron chi connectivity index (χ2n) is 5.22. The van der Waals surface area contributed by atoms with Gasteiger partial charge in [0.05, 0.1) is 10.5 Å². The Labute approximate surface area is 117 Å². The topological polar surface area (TPSA) is 36.1 Å². The van der Waals surface area contributed by atoms with E-state index >= 15 is 0 Å². The van der Waals surface area contributed by atoms with Crippen LogP contribution in [-0.2, 0) is 0 Å². The van der Waals surface area contributed by atoms with Crippen LogP contribution in [0.3, 0.4) is 0 Å². The first-order valence-corrected chi connectivity index (χ1v) is 7.04. The van der Waals surface area contributed by atoms with Gasteiger partial charge in [-0.05, 0) is 31.5 Å². The first kappa shape index (κ1) is 12.5. The van der Waals surface area contributed by atoms with Gasteiger partial charge in [0.15, 0.2) is 0 Å². The number of aromatic amines is 1. The Hall–Kier alpha value is -1.48. The Morgan fingerprint density at radius 2 is 2.11 bits per heavy atom. The quantitative estimate of drug-likeness (QED) is 0.865. The normalized spacial score (nSPS) is 22.0. The third-order valence-electron chi connectivity index (χ3n) is 4.30. The molecule has 1 aliphatic rings. The Kier molecular flexibility index (Phi) is 2.82. The highest BCUT2D eigenvalue weighted by Crippen LogP contribution is 2.45. The van der Waals surface area contributed by atoms with Gasteiger partial charge in [0.25, 0.3) is 0 Å². The number of hydrogen-bond donors (Lipinski definition) is 1. The summed E-state index contributed by atoms with van der Waals surface area (Å²) in [7, 11) is 0. The Morgan fingerprint density at radius 1 is 1.37 bits per heavy atom. The maximum absolute atomic E-state index is 11.5. The fourth-order valence-corrected chi connectivity index (χ4v) is 3.53. The van der Waals surface area contributed by atoms with E-state index in [-0.39, 0.29) is 5.56 Å². The number of anilines is 1. The van der Waals surface area contributed by atoms with E-state index in [2.05, 4.69) is 36.7 Å². The largest absolute Gasteiger partial charge is 0.368 e. The van der Waals surface area contributed by atoms with E-state index in [0.29, 0.717) is 17.0 Å². The van der Waals surface area contributed by atoms with Crippen LogP contribution in [0.4, 0.5) is 5.69 Å². The van der Waals surface area contributed by atoms with E-state index in [1.54, 1.807) is 0 Å². The van der Waals surface area contributed by atoms with Crippen molar-refractivity contribution in [2.24, 2.45) is 0 Å². The van der Waals surface area contributed by atoms with Gasteiger partial charge in [0, 0.05) is 35.6 Å². The summed E-state index contributed by atoms with van der Waals surface area (Å²) in [6, 6.07) is 5.96. The molecule has 0 saturated carbocycles. The minimum Gasteiger partial charge on any atom is -0.368 e. The third kappa shape index (κ3) is 1.68. The standard InChI is InChI=1S/C15H17ClN2O/c1-4-18-9(3)8(2)14-12(18)6-5-11-15(14)10(16)7-13(19)17-11/h5-9H,4H2,1-3H3,(H,17,19). The molecule has 0 radical (unpaired) electrons. The minimum absolute atomic E-state index is 0.150. The summed E-state index contributed by atoms with van der Waals surface area (Å²) in [5.74, 6) is 0.405. The number of rotatable bonds is 1. The van der Waals surface area contributed by atoms with Gasteiger partial charge in [0.2, 0.25) is 5.56 Å². The number of halogens is 1. The fraction of sp³-hybridized carbons (Fsp3) is 0.400. The van der Waals surface area contributed by atoms with Crippen molar-refractivity contribution < 1.29 is 0 Å². The molecule has 0 spiro atoms. The molecule has 2 unspecified atom stereocenters. The lowest BCUT2D eigenvalue weighted by molar-refractivity contribution is 0.604. The van der Waals surface area contributed by atoms with Crippen LogP contribution in [0, 0.1) is 0 Å². The summed E-state index contributed by atoms with van der Waals surface area (Å²) < 4.78 is 0. The molecular formula is C15H17ClN2O. The molecule has 0 aliphatic carbocycles. The summed E-state index contributed by atoms with van der Waals surface area (Å²) in [5, 5.41) is 1.54. The number of aromatic nitrogens is 1. The summed E-state index contributed by atoms with van der Waals surface area (Å²) in [5.41, 5.74) is 3.17. The smallest absolute Gasteiger partial charge is 0.249 e. The predicted octanol–water partition coefficient (Wildman–Crippen LogP) is 3.51. The maximum atomic E-state index is 11.5. The van der Waals surface area contributed by atoms with Gasteiger partial charge in [-0.3, -0.25) is 4.79 Å². The van der Waals surface area contributed by atoms with Crippen LogP contribution >= 0.6 is 11.6 Å². The number of pyridine rings is 1. The van der Waals surface area contributed by atoms with Crippen molar-refractivity contribution in [2.75, 3.05) is 11.4 Å². The van der Waals surface area contributed by atoms with Crippen molar-refractivity contribution in [1.29, 1.82) is 0 Å².